The van der Waals surface area contributed by atoms with Crippen molar-refractivity contribution >= 4 is 27.5 Å². The predicted octanol–water partition coefficient (Wildman–Crippen LogP) is 4.68. The first-order valence-electron chi connectivity index (χ1n) is 13.6. The van der Waals surface area contributed by atoms with Crippen LogP contribution in [0.1, 0.15) is 38.3 Å². The van der Waals surface area contributed by atoms with Gasteiger partial charge in [0.25, 0.3) is 10.0 Å². The van der Waals surface area contributed by atoms with E-state index in [-0.39, 0.29) is 34.8 Å². The Bertz CT molecular complexity index is 1490. The molecule has 0 unspecified atom stereocenters. The molecule has 3 aromatic carbocycles. The second-order valence-corrected chi connectivity index (χ2v) is 12.0. The summed E-state index contributed by atoms with van der Waals surface area (Å²) in [6.45, 7) is 6.80. The summed E-state index contributed by atoms with van der Waals surface area (Å²) in [6, 6.07) is 15.4. The van der Waals surface area contributed by atoms with Crippen molar-refractivity contribution < 1.29 is 31.9 Å². The van der Waals surface area contributed by atoms with E-state index in [0.29, 0.717) is 12.2 Å². The Morgan fingerprint density at radius 3 is 2.19 bits per heavy atom. The van der Waals surface area contributed by atoms with Gasteiger partial charge in [0.1, 0.15) is 18.4 Å². The normalized spacial score (nSPS) is 12.0. The van der Waals surface area contributed by atoms with E-state index in [9.17, 15) is 22.4 Å². The predicted molar refractivity (Wildman–Crippen MR) is 160 cm³/mol. The summed E-state index contributed by atoms with van der Waals surface area (Å²) in [4.78, 5) is 28.6. The van der Waals surface area contributed by atoms with Gasteiger partial charge in [-0.05, 0) is 69.2 Å². The largest absolute Gasteiger partial charge is 0.493 e. The van der Waals surface area contributed by atoms with Gasteiger partial charge in [0.2, 0.25) is 11.8 Å². The lowest BCUT2D eigenvalue weighted by Gasteiger charge is -2.33. The van der Waals surface area contributed by atoms with E-state index >= 15 is 0 Å². The number of hydrogen-bond acceptors (Lipinski definition) is 6. The molecular formula is C31H38FN3O6S. The summed E-state index contributed by atoms with van der Waals surface area (Å²) >= 11 is 0. The summed E-state index contributed by atoms with van der Waals surface area (Å²) in [6.07, 6.45) is 0.301. The average molecular weight is 600 g/mol. The molecule has 0 aliphatic carbocycles. The highest BCUT2D eigenvalue weighted by Crippen LogP contribution is 2.32. The van der Waals surface area contributed by atoms with Gasteiger partial charge in [-0.2, -0.15) is 0 Å². The number of rotatable bonds is 13. The number of nitrogens with zero attached hydrogens (tertiary/aromatic N) is 2. The summed E-state index contributed by atoms with van der Waals surface area (Å²) in [5, 5.41) is 2.86. The first kappa shape index (κ1) is 32.4. The third-order valence-electron chi connectivity index (χ3n) is 6.59. The zero-order valence-electron chi connectivity index (χ0n) is 24.8. The number of carbonyl (C=O) groups is 2. The van der Waals surface area contributed by atoms with Crippen LogP contribution >= 0.6 is 0 Å². The molecule has 226 valence electrons. The number of amides is 2. The third kappa shape index (κ3) is 7.79. The minimum Gasteiger partial charge on any atom is -0.493 e. The molecule has 0 heterocycles. The number of carbonyl (C=O) groups excluding carboxylic acids is 2. The Morgan fingerprint density at radius 1 is 0.952 bits per heavy atom. The van der Waals surface area contributed by atoms with Gasteiger partial charge in [0, 0.05) is 18.7 Å². The fraction of sp³-hybridized carbons (Fsp3) is 0.355. The van der Waals surface area contributed by atoms with Gasteiger partial charge in [0.05, 0.1) is 24.8 Å². The average Bonchev–Trinajstić information content (AvgIpc) is 2.95. The molecule has 2 amide bonds. The summed E-state index contributed by atoms with van der Waals surface area (Å²) in [7, 11) is -1.57. The lowest BCUT2D eigenvalue weighted by molar-refractivity contribution is -0.140. The van der Waals surface area contributed by atoms with Gasteiger partial charge in [-0.1, -0.05) is 36.8 Å². The van der Waals surface area contributed by atoms with Crippen LogP contribution < -0.4 is 19.1 Å². The van der Waals surface area contributed by atoms with Crippen LogP contribution in [0.4, 0.5) is 10.1 Å². The smallest absolute Gasteiger partial charge is 0.264 e. The second kappa shape index (κ2) is 14.2. The van der Waals surface area contributed by atoms with Gasteiger partial charge >= 0.3 is 0 Å². The highest BCUT2D eigenvalue weighted by molar-refractivity contribution is 7.92. The van der Waals surface area contributed by atoms with Crippen LogP contribution in [0, 0.1) is 12.7 Å². The molecule has 0 radical (unpaired) electrons. The Labute approximate surface area is 247 Å². The van der Waals surface area contributed by atoms with Gasteiger partial charge in [-0.3, -0.25) is 13.9 Å². The number of hydrogen-bond donors (Lipinski definition) is 1. The van der Waals surface area contributed by atoms with Crippen molar-refractivity contribution in [3.8, 4) is 11.5 Å². The van der Waals surface area contributed by atoms with Crippen LogP contribution in [0.25, 0.3) is 0 Å². The van der Waals surface area contributed by atoms with E-state index in [0.717, 1.165) is 27.6 Å². The Hall–Kier alpha value is -4.12. The number of sulfonamides is 1. The number of aryl methyl sites for hydroxylation is 1. The summed E-state index contributed by atoms with van der Waals surface area (Å²) in [5.41, 5.74) is 1.84. The quantitative estimate of drug-likeness (QED) is 0.306. The molecule has 1 atom stereocenters. The summed E-state index contributed by atoms with van der Waals surface area (Å²) < 4.78 is 53.4. The van der Waals surface area contributed by atoms with Gasteiger partial charge in [0.15, 0.2) is 11.5 Å². The van der Waals surface area contributed by atoms with Crippen molar-refractivity contribution in [2.75, 3.05) is 25.1 Å². The zero-order valence-corrected chi connectivity index (χ0v) is 25.6. The van der Waals surface area contributed by atoms with Crippen LogP contribution in [-0.4, -0.2) is 58.0 Å². The SMILES string of the molecule is CC[C@@H](C(=O)NC(C)C)N(Cc1cccc(C)c1)C(=O)CN(c1ccc(F)cc1)S(=O)(=O)c1ccc(OC)c(OC)c1. The Morgan fingerprint density at radius 2 is 1.62 bits per heavy atom. The van der Waals surface area contributed by atoms with Crippen LogP contribution in [0.2, 0.25) is 0 Å². The third-order valence-corrected chi connectivity index (χ3v) is 8.36. The number of anilines is 1. The highest BCUT2D eigenvalue weighted by Gasteiger charge is 2.34. The molecule has 0 saturated heterocycles. The zero-order chi connectivity index (χ0) is 31.0. The van der Waals surface area contributed by atoms with Crippen molar-refractivity contribution in [3.63, 3.8) is 0 Å². The molecule has 0 aliphatic heterocycles. The molecule has 0 aromatic heterocycles. The molecule has 42 heavy (non-hydrogen) atoms. The standard InChI is InChI=1S/C31H38FN3O6S/c1-7-27(31(37)33-21(2)3)34(19-23-10-8-9-22(4)17-23)30(36)20-35(25-13-11-24(32)12-14-25)42(38,39)26-15-16-28(40-5)29(18-26)41-6/h8-18,21,27H,7,19-20H2,1-6H3,(H,33,37)/t27-/m0/s1. The van der Waals surface area contributed by atoms with E-state index in [4.69, 9.17) is 9.47 Å². The lowest BCUT2D eigenvalue weighted by Crippen LogP contribution is -2.53. The fourth-order valence-corrected chi connectivity index (χ4v) is 5.98. The van der Waals surface area contributed by atoms with E-state index in [1.165, 1.54) is 49.5 Å². The van der Waals surface area contributed by atoms with Crippen molar-refractivity contribution in [2.24, 2.45) is 0 Å². The van der Waals surface area contributed by atoms with Crippen molar-refractivity contribution in [3.05, 3.63) is 83.7 Å². The molecule has 3 rings (SSSR count). The minimum atomic E-state index is -4.38. The maximum Gasteiger partial charge on any atom is 0.264 e. The number of methoxy groups -OCH3 is 2. The van der Waals surface area contributed by atoms with E-state index in [1.54, 1.807) is 6.92 Å². The Balaban J connectivity index is 2.10. The molecule has 1 N–H and O–H groups in total. The number of ether oxygens (including phenoxy) is 2. The first-order valence-corrected chi connectivity index (χ1v) is 15.0. The molecular weight excluding hydrogens is 561 g/mol. The molecule has 9 nitrogen and oxygen atoms in total. The Kier molecular flexibility index (Phi) is 10.9. The second-order valence-electron chi connectivity index (χ2n) is 10.1. The number of halogens is 1. The van der Waals surface area contributed by atoms with Gasteiger partial charge in [-0.25, -0.2) is 12.8 Å². The van der Waals surface area contributed by atoms with E-state index < -0.39 is 34.3 Å². The number of benzene rings is 3. The molecule has 0 fully saturated rings. The topological polar surface area (TPSA) is 105 Å². The maximum atomic E-state index is 14.1. The van der Waals surface area contributed by atoms with Crippen LogP contribution in [-0.2, 0) is 26.2 Å². The minimum absolute atomic E-state index is 0.0784. The molecule has 0 aliphatic rings. The van der Waals surface area contributed by atoms with Gasteiger partial charge in [-0.15, -0.1) is 0 Å². The van der Waals surface area contributed by atoms with Crippen molar-refractivity contribution in [1.82, 2.24) is 10.2 Å². The molecule has 11 heteroatoms. The molecule has 0 saturated carbocycles. The van der Waals surface area contributed by atoms with Crippen LogP contribution in [0.5, 0.6) is 11.5 Å². The maximum absolute atomic E-state index is 14.1. The number of nitrogens with one attached hydrogen (secondary N) is 1. The summed E-state index contributed by atoms with van der Waals surface area (Å²) in [5.74, 6) is -1.00. The van der Waals surface area contributed by atoms with Crippen LogP contribution in [0.15, 0.2) is 71.6 Å². The molecule has 3 aromatic rings. The van der Waals surface area contributed by atoms with E-state index in [2.05, 4.69) is 5.32 Å². The van der Waals surface area contributed by atoms with Crippen molar-refractivity contribution in [2.45, 2.75) is 57.6 Å². The lowest BCUT2D eigenvalue weighted by atomic mass is 10.1. The van der Waals surface area contributed by atoms with Gasteiger partial charge < -0.3 is 19.7 Å². The fourth-order valence-electron chi connectivity index (χ4n) is 4.55. The molecule has 0 bridgehead atoms. The molecule has 0 spiro atoms. The monoisotopic (exact) mass is 599 g/mol. The first-order chi connectivity index (χ1) is 19.9. The highest BCUT2D eigenvalue weighted by atomic mass is 32.2. The van der Waals surface area contributed by atoms with Crippen molar-refractivity contribution in [1.29, 1.82) is 0 Å². The van der Waals surface area contributed by atoms with Crippen LogP contribution in [0.3, 0.4) is 0 Å². The van der Waals surface area contributed by atoms with E-state index in [1.807, 2.05) is 45.0 Å².